The van der Waals surface area contributed by atoms with Gasteiger partial charge in [-0.15, -0.1) is 0 Å². The van der Waals surface area contributed by atoms with Crippen molar-refractivity contribution >= 4 is 33.4 Å². The lowest BCUT2D eigenvalue weighted by Gasteiger charge is -2.27. The normalized spacial score (nSPS) is 11.2. The minimum absolute atomic E-state index is 0.967. The van der Waals surface area contributed by atoms with Gasteiger partial charge in [-0.25, -0.2) is 4.52 Å². The Hall–Kier alpha value is -5.93. The Morgan fingerprint density at radius 3 is 1.50 bits per heavy atom. The summed E-state index contributed by atoms with van der Waals surface area (Å²) in [5, 5.41) is 7.68. The molecule has 0 aliphatic carbocycles. The summed E-state index contributed by atoms with van der Waals surface area (Å²) < 4.78 is 2.15. The van der Waals surface area contributed by atoms with Crippen molar-refractivity contribution in [2.75, 3.05) is 4.90 Å². The maximum atomic E-state index is 5.38. The van der Waals surface area contributed by atoms with Crippen LogP contribution in [-0.4, -0.2) is 9.61 Å². The second-order valence-electron chi connectivity index (χ2n) is 10.9. The number of nitrogens with zero attached hydrogens (tertiary/aromatic N) is 3. The summed E-state index contributed by atoms with van der Waals surface area (Å²) >= 11 is 0. The fourth-order valence-corrected chi connectivity index (χ4v) is 6.22. The molecule has 0 aliphatic heterocycles. The van der Waals surface area contributed by atoms with Gasteiger partial charge in [0, 0.05) is 38.8 Å². The van der Waals surface area contributed by atoms with Crippen LogP contribution in [-0.2, 0) is 0 Å². The number of hydrogen-bond acceptors (Lipinski definition) is 2. The van der Waals surface area contributed by atoms with Crippen LogP contribution in [0.5, 0.6) is 0 Å². The van der Waals surface area contributed by atoms with E-state index < -0.39 is 0 Å². The van der Waals surface area contributed by atoms with Crippen LogP contribution in [0.25, 0.3) is 49.9 Å². The molecule has 2 aromatic heterocycles. The number of benzene rings is 6. The van der Waals surface area contributed by atoms with Crippen LogP contribution in [0.3, 0.4) is 0 Å². The van der Waals surface area contributed by atoms with E-state index in [1.165, 1.54) is 0 Å². The fraction of sp³-hybridized carbons (Fsp3) is 0. The molecule has 0 radical (unpaired) electrons. The molecular formula is C41H29N3. The number of hydrogen-bond donors (Lipinski definition) is 0. The van der Waals surface area contributed by atoms with Gasteiger partial charge in [-0.3, -0.25) is 0 Å². The van der Waals surface area contributed by atoms with Crippen LogP contribution in [0.1, 0.15) is 0 Å². The van der Waals surface area contributed by atoms with Crippen molar-refractivity contribution in [3.8, 4) is 33.6 Å². The van der Waals surface area contributed by atoms with Crippen molar-refractivity contribution in [1.82, 2.24) is 9.61 Å². The average Bonchev–Trinajstić information content (AvgIpc) is 3.51. The molecule has 0 saturated heterocycles. The third kappa shape index (κ3) is 4.43. The zero-order valence-electron chi connectivity index (χ0n) is 24.1. The maximum absolute atomic E-state index is 5.38. The monoisotopic (exact) mass is 563 g/mol. The second kappa shape index (κ2) is 11.0. The van der Waals surface area contributed by atoms with Gasteiger partial charge in [0.2, 0.25) is 0 Å². The first-order valence-electron chi connectivity index (χ1n) is 14.9. The predicted molar refractivity (Wildman–Crippen MR) is 184 cm³/mol. The summed E-state index contributed by atoms with van der Waals surface area (Å²) in [4.78, 5) is 2.35. The van der Waals surface area contributed by atoms with E-state index in [4.69, 9.17) is 5.10 Å². The van der Waals surface area contributed by atoms with E-state index in [-0.39, 0.29) is 0 Å². The molecule has 6 aromatic carbocycles. The number of anilines is 3. The topological polar surface area (TPSA) is 20.5 Å². The molecule has 0 spiro atoms. The van der Waals surface area contributed by atoms with Gasteiger partial charge in [0.25, 0.3) is 0 Å². The van der Waals surface area contributed by atoms with Crippen LogP contribution in [0, 0.1) is 0 Å². The molecule has 0 aliphatic rings. The number of pyridine rings is 1. The highest BCUT2D eigenvalue weighted by Crippen LogP contribution is 2.45. The number of rotatable bonds is 6. The fourth-order valence-electron chi connectivity index (χ4n) is 6.22. The molecule has 208 valence electrons. The van der Waals surface area contributed by atoms with Gasteiger partial charge in [-0.1, -0.05) is 140 Å². The van der Waals surface area contributed by atoms with Crippen LogP contribution in [0.2, 0.25) is 0 Å². The second-order valence-corrected chi connectivity index (χ2v) is 10.9. The molecule has 8 aromatic rings. The predicted octanol–water partition coefficient (Wildman–Crippen LogP) is 11.0. The lowest BCUT2D eigenvalue weighted by atomic mass is 9.96. The molecule has 3 heteroatoms. The molecule has 3 nitrogen and oxygen atoms in total. The summed E-state index contributed by atoms with van der Waals surface area (Å²) in [6.45, 7) is 0. The van der Waals surface area contributed by atoms with Gasteiger partial charge < -0.3 is 4.90 Å². The van der Waals surface area contributed by atoms with Crippen LogP contribution in [0.4, 0.5) is 17.1 Å². The molecular weight excluding hydrogens is 534 g/mol. The van der Waals surface area contributed by atoms with Crippen LogP contribution < -0.4 is 4.90 Å². The van der Waals surface area contributed by atoms with E-state index in [1.54, 1.807) is 0 Å². The summed E-state index contributed by atoms with van der Waals surface area (Å²) in [5.41, 5.74) is 10.9. The van der Waals surface area contributed by atoms with E-state index in [1.807, 2.05) is 0 Å². The highest BCUT2D eigenvalue weighted by atomic mass is 15.2. The van der Waals surface area contributed by atoms with Gasteiger partial charge in [-0.05, 0) is 42.0 Å². The van der Waals surface area contributed by atoms with Gasteiger partial charge in [0.1, 0.15) is 5.69 Å². The SMILES string of the molecule is c1ccc(-c2nn3c(-c4ccccc4)cc4c(N(c5ccccc5)c5ccccc5)cccc4c3c2-c2ccccc2)cc1. The molecule has 0 atom stereocenters. The molecule has 0 fully saturated rings. The summed E-state index contributed by atoms with van der Waals surface area (Å²) in [6, 6.07) is 61.9. The van der Waals surface area contributed by atoms with Gasteiger partial charge in [0.05, 0.1) is 16.9 Å². The highest BCUT2D eigenvalue weighted by Gasteiger charge is 2.24. The Labute approximate surface area is 256 Å². The summed E-state index contributed by atoms with van der Waals surface area (Å²) in [7, 11) is 0. The molecule has 44 heavy (non-hydrogen) atoms. The quantitative estimate of drug-likeness (QED) is 0.201. The first kappa shape index (κ1) is 25.8. The average molecular weight is 564 g/mol. The van der Waals surface area contributed by atoms with Gasteiger partial charge in [-0.2, -0.15) is 5.10 Å². The number of para-hydroxylation sites is 2. The summed E-state index contributed by atoms with van der Waals surface area (Å²) in [5.74, 6) is 0. The van der Waals surface area contributed by atoms with E-state index in [0.29, 0.717) is 0 Å². The first-order chi connectivity index (χ1) is 21.9. The smallest absolute Gasteiger partial charge is 0.101 e. The Balaban J connectivity index is 1.54. The molecule has 0 unspecified atom stereocenters. The lowest BCUT2D eigenvalue weighted by molar-refractivity contribution is 0.979. The summed E-state index contributed by atoms with van der Waals surface area (Å²) in [6.07, 6.45) is 0. The lowest BCUT2D eigenvalue weighted by Crippen LogP contribution is -2.10. The maximum Gasteiger partial charge on any atom is 0.101 e. The number of aromatic nitrogens is 2. The van der Waals surface area contributed by atoms with E-state index in [0.717, 1.165) is 67.0 Å². The standard InChI is InChI=1S/C41H29N3/c1-6-17-30(18-7-1)38-29-36-35(27-16-28-37(36)43(33-23-12-4-13-24-33)34-25-14-5-15-26-34)41-39(31-19-8-2-9-20-31)40(42-44(38)41)32-21-10-3-11-22-32/h1-29H. The first-order valence-corrected chi connectivity index (χ1v) is 14.9. The van der Waals surface area contributed by atoms with E-state index >= 15 is 0 Å². The molecule has 2 heterocycles. The van der Waals surface area contributed by atoms with Crippen molar-refractivity contribution in [2.45, 2.75) is 0 Å². The Morgan fingerprint density at radius 2 is 0.932 bits per heavy atom. The molecule has 0 saturated carbocycles. The van der Waals surface area contributed by atoms with Crippen molar-refractivity contribution in [1.29, 1.82) is 0 Å². The van der Waals surface area contributed by atoms with Crippen molar-refractivity contribution in [3.63, 3.8) is 0 Å². The largest absolute Gasteiger partial charge is 0.310 e. The minimum Gasteiger partial charge on any atom is -0.310 e. The van der Waals surface area contributed by atoms with Gasteiger partial charge in [0.15, 0.2) is 0 Å². The van der Waals surface area contributed by atoms with Crippen molar-refractivity contribution < 1.29 is 0 Å². The molecule has 0 amide bonds. The zero-order chi connectivity index (χ0) is 29.3. The molecule has 8 rings (SSSR count). The van der Waals surface area contributed by atoms with Crippen molar-refractivity contribution in [3.05, 3.63) is 176 Å². The molecule has 0 N–H and O–H groups in total. The van der Waals surface area contributed by atoms with Crippen molar-refractivity contribution in [2.24, 2.45) is 0 Å². The van der Waals surface area contributed by atoms with E-state index in [2.05, 4.69) is 185 Å². The third-order valence-corrected chi connectivity index (χ3v) is 8.18. The Bertz CT molecular complexity index is 2150. The Morgan fingerprint density at radius 1 is 0.432 bits per heavy atom. The highest BCUT2D eigenvalue weighted by molar-refractivity contribution is 6.13. The van der Waals surface area contributed by atoms with Gasteiger partial charge >= 0.3 is 0 Å². The van der Waals surface area contributed by atoms with Crippen LogP contribution in [0.15, 0.2) is 176 Å². The zero-order valence-corrected chi connectivity index (χ0v) is 24.1. The Kier molecular flexibility index (Phi) is 6.47. The van der Waals surface area contributed by atoms with E-state index in [9.17, 15) is 0 Å². The number of fused-ring (bicyclic) bond motifs is 3. The molecule has 0 bridgehead atoms. The minimum atomic E-state index is 0.967. The van der Waals surface area contributed by atoms with Crippen LogP contribution >= 0.6 is 0 Å². The third-order valence-electron chi connectivity index (χ3n) is 8.18.